The summed E-state index contributed by atoms with van der Waals surface area (Å²) < 4.78 is 21.7. The Morgan fingerprint density at radius 2 is 1.81 bits per heavy atom. The third-order valence-electron chi connectivity index (χ3n) is 5.91. The van der Waals surface area contributed by atoms with Gasteiger partial charge in [-0.05, 0) is 41.8 Å². The van der Waals surface area contributed by atoms with E-state index in [1.165, 1.54) is 0 Å². The summed E-state index contributed by atoms with van der Waals surface area (Å²) in [5.41, 5.74) is 1.34. The molecule has 0 aliphatic carbocycles. The van der Waals surface area contributed by atoms with E-state index < -0.39 is 23.8 Å². The Morgan fingerprint density at radius 1 is 1.09 bits per heavy atom. The molecule has 8 heteroatoms. The van der Waals surface area contributed by atoms with Crippen LogP contribution in [-0.2, 0) is 14.3 Å². The highest BCUT2D eigenvalue weighted by Gasteiger charge is 2.53. The zero-order chi connectivity index (χ0) is 22.7. The van der Waals surface area contributed by atoms with Crippen molar-refractivity contribution in [3.8, 4) is 17.2 Å². The highest BCUT2D eigenvalue weighted by molar-refractivity contribution is 5.94. The van der Waals surface area contributed by atoms with Crippen LogP contribution in [0.5, 0.6) is 17.2 Å². The van der Waals surface area contributed by atoms with Gasteiger partial charge < -0.3 is 29.0 Å². The SMILES string of the molecule is CCCOCCN1C(=O)[C@H](c2ccc3c(c2)OCO3)[C@@H](C(=O)O)[C@@H]1c1ccc(OC)cc1. The minimum Gasteiger partial charge on any atom is -0.497 e. The van der Waals surface area contributed by atoms with Crippen LogP contribution >= 0.6 is 0 Å². The normalized spacial score (nSPS) is 21.8. The van der Waals surface area contributed by atoms with Crippen LogP contribution < -0.4 is 14.2 Å². The average Bonchev–Trinajstić information content (AvgIpc) is 3.38. The van der Waals surface area contributed by atoms with Crippen molar-refractivity contribution in [1.29, 1.82) is 0 Å². The fraction of sp³-hybridized carbons (Fsp3) is 0.417. The number of hydrogen-bond donors (Lipinski definition) is 1. The number of nitrogens with zero attached hydrogens (tertiary/aromatic N) is 1. The van der Waals surface area contributed by atoms with E-state index in [0.29, 0.717) is 42.6 Å². The number of ether oxygens (including phenoxy) is 4. The smallest absolute Gasteiger partial charge is 0.310 e. The number of carbonyl (C=O) groups excluding carboxylic acids is 1. The molecule has 2 aromatic rings. The lowest BCUT2D eigenvalue weighted by Crippen LogP contribution is -2.33. The Labute approximate surface area is 186 Å². The van der Waals surface area contributed by atoms with E-state index in [1.807, 2.05) is 19.1 Å². The van der Waals surface area contributed by atoms with Crippen LogP contribution in [0, 0.1) is 5.92 Å². The first-order chi connectivity index (χ1) is 15.5. The second-order valence-electron chi connectivity index (χ2n) is 7.82. The maximum absolute atomic E-state index is 13.6. The lowest BCUT2D eigenvalue weighted by molar-refractivity contribution is -0.143. The van der Waals surface area contributed by atoms with Crippen molar-refractivity contribution < 1.29 is 33.6 Å². The number of carboxylic acid groups (broad SMARTS) is 1. The van der Waals surface area contributed by atoms with Crippen molar-refractivity contribution in [2.24, 2.45) is 5.92 Å². The molecule has 2 heterocycles. The summed E-state index contributed by atoms with van der Waals surface area (Å²) in [5.74, 6) is -1.32. The molecule has 0 radical (unpaired) electrons. The van der Waals surface area contributed by atoms with Gasteiger partial charge in [-0.3, -0.25) is 9.59 Å². The minimum atomic E-state index is -1.03. The van der Waals surface area contributed by atoms with Gasteiger partial charge in [0.25, 0.3) is 0 Å². The monoisotopic (exact) mass is 441 g/mol. The molecule has 1 N–H and O–H groups in total. The molecule has 0 unspecified atom stereocenters. The minimum absolute atomic E-state index is 0.106. The lowest BCUT2D eigenvalue weighted by atomic mass is 9.82. The molecule has 0 aromatic heterocycles. The van der Waals surface area contributed by atoms with Gasteiger partial charge in [0.15, 0.2) is 11.5 Å². The Bertz CT molecular complexity index is 975. The van der Waals surface area contributed by atoms with Gasteiger partial charge in [-0.1, -0.05) is 25.1 Å². The van der Waals surface area contributed by atoms with E-state index in [9.17, 15) is 14.7 Å². The Balaban J connectivity index is 1.72. The van der Waals surface area contributed by atoms with Crippen molar-refractivity contribution in [2.75, 3.05) is 33.7 Å². The molecule has 1 saturated heterocycles. The molecule has 0 bridgehead atoms. The number of fused-ring (bicyclic) bond motifs is 1. The van der Waals surface area contributed by atoms with Crippen LogP contribution in [0.15, 0.2) is 42.5 Å². The molecule has 170 valence electrons. The molecular weight excluding hydrogens is 414 g/mol. The first-order valence-electron chi connectivity index (χ1n) is 10.7. The number of carbonyl (C=O) groups is 2. The number of aliphatic carboxylic acids is 1. The summed E-state index contributed by atoms with van der Waals surface area (Å²) in [5, 5.41) is 10.2. The number of methoxy groups -OCH3 is 1. The van der Waals surface area contributed by atoms with Crippen molar-refractivity contribution in [2.45, 2.75) is 25.3 Å². The summed E-state index contributed by atoms with van der Waals surface area (Å²) in [6.07, 6.45) is 0.868. The number of rotatable bonds is 9. The lowest BCUT2D eigenvalue weighted by Gasteiger charge is -2.27. The van der Waals surface area contributed by atoms with Gasteiger partial charge >= 0.3 is 5.97 Å². The number of amides is 1. The topological polar surface area (TPSA) is 94.5 Å². The number of benzene rings is 2. The molecule has 2 aliphatic rings. The highest BCUT2D eigenvalue weighted by Crippen LogP contribution is 2.48. The quantitative estimate of drug-likeness (QED) is 0.597. The summed E-state index contributed by atoms with van der Waals surface area (Å²) in [6.45, 7) is 3.35. The van der Waals surface area contributed by atoms with Crippen molar-refractivity contribution >= 4 is 11.9 Å². The van der Waals surface area contributed by atoms with Crippen molar-refractivity contribution in [1.82, 2.24) is 4.90 Å². The van der Waals surface area contributed by atoms with Crippen LogP contribution in [0.1, 0.15) is 36.4 Å². The van der Waals surface area contributed by atoms with E-state index in [-0.39, 0.29) is 12.7 Å². The average molecular weight is 441 g/mol. The van der Waals surface area contributed by atoms with E-state index in [4.69, 9.17) is 18.9 Å². The van der Waals surface area contributed by atoms with E-state index in [0.717, 1.165) is 12.0 Å². The highest BCUT2D eigenvalue weighted by atomic mass is 16.7. The Hall–Kier alpha value is -3.26. The van der Waals surface area contributed by atoms with Gasteiger partial charge in [-0.2, -0.15) is 0 Å². The standard InChI is InChI=1S/C24H27NO7/c1-3-11-30-12-10-25-22(15-4-7-17(29-2)8-5-15)21(24(27)28)20(23(25)26)16-6-9-18-19(13-16)32-14-31-18/h4-9,13,20-22H,3,10-12,14H2,1-2H3,(H,27,28)/t20-,21-,22+/m1/s1. The molecule has 2 aliphatic heterocycles. The second-order valence-corrected chi connectivity index (χ2v) is 7.82. The van der Waals surface area contributed by atoms with Gasteiger partial charge in [-0.15, -0.1) is 0 Å². The molecule has 4 rings (SSSR count). The predicted molar refractivity (Wildman–Crippen MR) is 115 cm³/mol. The van der Waals surface area contributed by atoms with Gasteiger partial charge in [0.1, 0.15) is 5.75 Å². The van der Waals surface area contributed by atoms with E-state index in [1.54, 1.807) is 42.3 Å². The third kappa shape index (κ3) is 4.10. The first kappa shape index (κ1) is 22.0. The summed E-state index contributed by atoms with van der Waals surface area (Å²) in [4.78, 5) is 27.7. The zero-order valence-electron chi connectivity index (χ0n) is 18.2. The molecule has 3 atom stereocenters. The van der Waals surface area contributed by atoms with Crippen molar-refractivity contribution in [3.05, 3.63) is 53.6 Å². The molecule has 0 spiro atoms. The van der Waals surface area contributed by atoms with Gasteiger partial charge in [-0.25, -0.2) is 0 Å². The Morgan fingerprint density at radius 3 is 2.50 bits per heavy atom. The fourth-order valence-corrected chi connectivity index (χ4v) is 4.43. The zero-order valence-corrected chi connectivity index (χ0v) is 18.2. The van der Waals surface area contributed by atoms with Crippen LogP contribution in [0.3, 0.4) is 0 Å². The summed E-state index contributed by atoms with van der Waals surface area (Å²) in [6, 6.07) is 11.7. The van der Waals surface area contributed by atoms with E-state index in [2.05, 4.69) is 0 Å². The Kier molecular flexibility index (Phi) is 6.50. The van der Waals surface area contributed by atoms with Crippen LogP contribution in [-0.4, -0.2) is 55.5 Å². The number of likely N-dealkylation sites (tertiary alicyclic amines) is 1. The second kappa shape index (κ2) is 9.48. The summed E-state index contributed by atoms with van der Waals surface area (Å²) >= 11 is 0. The molecule has 1 amide bonds. The van der Waals surface area contributed by atoms with Crippen molar-refractivity contribution in [3.63, 3.8) is 0 Å². The third-order valence-corrected chi connectivity index (χ3v) is 5.91. The predicted octanol–water partition coefficient (Wildman–Crippen LogP) is 3.22. The molecular formula is C24H27NO7. The maximum atomic E-state index is 13.6. The van der Waals surface area contributed by atoms with Crippen LogP contribution in [0.4, 0.5) is 0 Å². The largest absolute Gasteiger partial charge is 0.497 e. The molecule has 8 nitrogen and oxygen atoms in total. The van der Waals surface area contributed by atoms with Gasteiger partial charge in [0.05, 0.1) is 31.6 Å². The summed E-state index contributed by atoms with van der Waals surface area (Å²) in [7, 11) is 1.57. The van der Waals surface area contributed by atoms with Crippen LogP contribution in [0.25, 0.3) is 0 Å². The number of carboxylic acids is 1. The molecule has 0 saturated carbocycles. The van der Waals surface area contributed by atoms with Gasteiger partial charge in [0.2, 0.25) is 12.7 Å². The molecule has 2 aromatic carbocycles. The van der Waals surface area contributed by atoms with E-state index >= 15 is 0 Å². The number of hydrogen-bond acceptors (Lipinski definition) is 6. The van der Waals surface area contributed by atoms with Crippen LogP contribution in [0.2, 0.25) is 0 Å². The molecule has 32 heavy (non-hydrogen) atoms. The first-order valence-corrected chi connectivity index (χ1v) is 10.7. The fourth-order valence-electron chi connectivity index (χ4n) is 4.43. The molecule has 1 fully saturated rings. The van der Waals surface area contributed by atoms with Gasteiger partial charge in [0, 0.05) is 13.2 Å². The maximum Gasteiger partial charge on any atom is 0.310 e.